The van der Waals surface area contributed by atoms with Crippen molar-refractivity contribution in [2.75, 3.05) is 0 Å². The first-order chi connectivity index (χ1) is 9.78. The number of nitrogens with one attached hydrogen (secondary N) is 1. The lowest BCUT2D eigenvalue weighted by Gasteiger charge is -2.24. The molecule has 2 aliphatic rings. The highest BCUT2D eigenvalue weighted by Gasteiger charge is 2.49. The molecule has 2 aliphatic heterocycles. The van der Waals surface area contributed by atoms with Crippen LogP contribution in [0.2, 0.25) is 0 Å². The van der Waals surface area contributed by atoms with Crippen molar-refractivity contribution in [2.24, 2.45) is 5.92 Å². The van der Waals surface area contributed by atoms with Crippen molar-refractivity contribution < 1.29 is 19.1 Å². The number of fused-ring (bicyclic) bond motifs is 2. The highest BCUT2D eigenvalue weighted by atomic mass is 16.6. The van der Waals surface area contributed by atoms with Crippen LogP contribution in [0.15, 0.2) is 30.3 Å². The van der Waals surface area contributed by atoms with Crippen LogP contribution in [0.5, 0.6) is 0 Å². The molecule has 4 unspecified atom stereocenters. The molecule has 0 aromatic heterocycles. The molecule has 2 fully saturated rings. The van der Waals surface area contributed by atoms with Gasteiger partial charge >= 0.3 is 6.09 Å². The normalized spacial score (nSPS) is 31.0. The maximum absolute atomic E-state index is 11.8. The van der Waals surface area contributed by atoms with E-state index < -0.39 is 6.09 Å². The third-order valence-electron chi connectivity index (χ3n) is 3.98. The summed E-state index contributed by atoms with van der Waals surface area (Å²) in [4.78, 5) is 22.9. The van der Waals surface area contributed by atoms with Gasteiger partial charge in [-0.25, -0.2) is 4.79 Å². The molecule has 0 radical (unpaired) electrons. The third kappa shape index (κ3) is 2.54. The number of amides is 1. The van der Waals surface area contributed by atoms with Crippen LogP contribution >= 0.6 is 0 Å². The minimum Gasteiger partial charge on any atom is -0.445 e. The molecule has 0 spiro atoms. The number of hydrogen-bond acceptors (Lipinski definition) is 4. The Bertz CT molecular complexity index is 490. The van der Waals surface area contributed by atoms with Crippen molar-refractivity contribution in [3.63, 3.8) is 0 Å². The molecule has 1 N–H and O–H groups in total. The number of carbonyl (C=O) groups is 2. The molecule has 3 rings (SSSR count). The number of ether oxygens (including phenoxy) is 2. The van der Waals surface area contributed by atoms with Gasteiger partial charge in [-0.15, -0.1) is 0 Å². The highest BCUT2D eigenvalue weighted by Crippen LogP contribution is 2.38. The Hall–Kier alpha value is -1.88. The van der Waals surface area contributed by atoms with Gasteiger partial charge in [0.05, 0.1) is 24.2 Å². The zero-order chi connectivity index (χ0) is 13.9. The topological polar surface area (TPSA) is 64.6 Å². The van der Waals surface area contributed by atoms with Gasteiger partial charge < -0.3 is 19.6 Å². The van der Waals surface area contributed by atoms with E-state index in [0.717, 1.165) is 24.7 Å². The average Bonchev–Trinajstić information content (AvgIpc) is 3.07. The summed E-state index contributed by atoms with van der Waals surface area (Å²) in [6.07, 6.45) is 2.06. The van der Waals surface area contributed by atoms with E-state index in [1.165, 1.54) is 0 Å². The van der Waals surface area contributed by atoms with E-state index in [1.54, 1.807) is 0 Å². The lowest BCUT2D eigenvalue weighted by molar-refractivity contribution is -0.112. The number of aldehydes is 1. The Labute approximate surface area is 117 Å². The van der Waals surface area contributed by atoms with E-state index in [-0.39, 0.29) is 30.8 Å². The van der Waals surface area contributed by atoms with Crippen LogP contribution in [0.1, 0.15) is 18.4 Å². The Kier molecular flexibility index (Phi) is 3.69. The van der Waals surface area contributed by atoms with Crippen molar-refractivity contribution in [1.29, 1.82) is 0 Å². The van der Waals surface area contributed by atoms with Gasteiger partial charge in [0.15, 0.2) is 0 Å². The highest BCUT2D eigenvalue weighted by molar-refractivity contribution is 5.69. The maximum atomic E-state index is 11.8. The molecule has 0 aliphatic carbocycles. The Morgan fingerprint density at radius 3 is 2.80 bits per heavy atom. The van der Waals surface area contributed by atoms with Crippen LogP contribution < -0.4 is 5.32 Å². The number of benzene rings is 1. The Morgan fingerprint density at radius 2 is 2.05 bits per heavy atom. The lowest BCUT2D eigenvalue weighted by Crippen LogP contribution is -2.47. The lowest BCUT2D eigenvalue weighted by atomic mass is 9.86. The molecule has 5 nitrogen and oxygen atoms in total. The minimum atomic E-state index is -0.498. The fourth-order valence-electron chi connectivity index (χ4n) is 2.98. The van der Waals surface area contributed by atoms with Gasteiger partial charge in [0, 0.05) is 0 Å². The predicted octanol–water partition coefficient (Wildman–Crippen LogP) is 1.66. The summed E-state index contributed by atoms with van der Waals surface area (Å²) in [6, 6.07) is 9.22. The van der Waals surface area contributed by atoms with E-state index in [0.29, 0.717) is 0 Å². The van der Waals surface area contributed by atoms with Crippen LogP contribution in [0.3, 0.4) is 0 Å². The van der Waals surface area contributed by atoms with Crippen molar-refractivity contribution >= 4 is 12.4 Å². The van der Waals surface area contributed by atoms with Gasteiger partial charge in [0.25, 0.3) is 0 Å². The van der Waals surface area contributed by atoms with Crippen LogP contribution in [-0.2, 0) is 20.9 Å². The molecule has 106 valence electrons. The molecule has 4 atom stereocenters. The van der Waals surface area contributed by atoms with E-state index >= 15 is 0 Å². The van der Waals surface area contributed by atoms with Crippen molar-refractivity contribution in [2.45, 2.75) is 37.7 Å². The van der Waals surface area contributed by atoms with E-state index in [4.69, 9.17) is 9.47 Å². The van der Waals surface area contributed by atoms with Crippen LogP contribution in [0, 0.1) is 5.92 Å². The number of alkyl carbamates (subject to hydrolysis) is 1. The van der Waals surface area contributed by atoms with Crippen molar-refractivity contribution in [1.82, 2.24) is 5.32 Å². The second-order valence-corrected chi connectivity index (χ2v) is 5.24. The quantitative estimate of drug-likeness (QED) is 0.849. The van der Waals surface area contributed by atoms with Gasteiger partial charge in [0.2, 0.25) is 0 Å². The second kappa shape index (κ2) is 5.63. The standard InChI is InChI=1S/C15H17NO4/c17-8-11-12-6-7-13(20-12)14(11)16-15(18)19-9-10-4-2-1-3-5-10/h1-5,8,11-14H,6-7,9H2,(H,16,18). The first-order valence-electron chi connectivity index (χ1n) is 6.86. The third-order valence-corrected chi connectivity index (χ3v) is 3.98. The van der Waals surface area contributed by atoms with Gasteiger partial charge in [-0.3, -0.25) is 0 Å². The van der Waals surface area contributed by atoms with Crippen molar-refractivity contribution in [3.8, 4) is 0 Å². The summed E-state index contributed by atoms with van der Waals surface area (Å²) in [5.41, 5.74) is 0.929. The summed E-state index contributed by atoms with van der Waals surface area (Å²) in [6.45, 7) is 0.222. The first-order valence-corrected chi connectivity index (χ1v) is 6.86. The van der Waals surface area contributed by atoms with E-state index in [9.17, 15) is 9.59 Å². The number of carbonyl (C=O) groups excluding carboxylic acids is 2. The largest absolute Gasteiger partial charge is 0.445 e. The molecular formula is C15H17NO4. The summed E-state index contributed by atoms with van der Waals surface area (Å²) in [5, 5.41) is 2.76. The molecule has 1 amide bonds. The van der Waals surface area contributed by atoms with Crippen molar-refractivity contribution in [3.05, 3.63) is 35.9 Å². The Morgan fingerprint density at radius 1 is 1.30 bits per heavy atom. The molecular weight excluding hydrogens is 258 g/mol. The number of rotatable bonds is 4. The second-order valence-electron chi connectivity index (χ2n) is 5.24. The van der Waals surface area contributed by atoms with Crippen LogP contribution in [0.25, 0.3) is 0 Å². The predicted molar refractivity (Wildman–Crippen MR) is 71.0 cm³/mol. The smallest absolute Gasteiger partial charge is 0.407 e. The molecule has 20 heavy (non-hydrogen) atoms. The average molecular weight is 275 g/mol. The van der Waals surface area contributed by atoms with Gasteiger partial charge in [-0.05, 0) is 18.4 Å². The summed E-state index contributed by atoms with van der Waals surface area (Å²) in [7, 11) is 0. The van der Waals surface area contributed by atoms with Crippen LogP contribution in [-0.4, -0.2) is 30.6 Å². The molecule has 1 aromatic carbocycles. The minimum absolute atomic E-state index is 0.0445. The zero-order valence-electron chi connectivity index (χ0n) is 11.0. The first kappa shape index (κ1) is 13.1. The van der Waals surface area contributed by atoms with Gasteiger partial charge in [0.1, 0.15) is 12.9 Å². The molecule has 2 heterocycles. The monoisotopic (exact) mass is 275 g/mol. The molecule has 1 aromatic rings. The van der Waals surface area contributed by atoms with Gasteiger partial charge in [-0.2, -0.15) is 0 Å². The Balaban J connectivity index is 1.53. The molecule has 0 saturated carbocycles. The van der Waals surface area contributed by atoms with E-state index in [1.807, 2.05) is 30.3 Å². The SMILES string of the molecule is O=CC1C2CCC(O2)C1NC(=O)OCc1ccccc1. The van der Waals surface area contributed by atoms with Gasteiger partial charge in [-0.1, -0.05) is 30.3 Å². The fraction of sp³-hybridized carbons (Fsp3) is 0.467. The molecule has 2 bridgehead atoms. The summed E-state index contributed by atoms with van der Waals surface area (Å²) < 4.78 is 10.8. The molecule has 5 heteroatoms. The molecule has 2 saturated heterocycles. The number of hydrogen-bond donors (Lipinski definition) is 1. The van der Waals surface area contributed by atoms with Crippen LogP contribution in [0.4, 0.5) is 4.79 Å². The summed E-state index contributed by atoms with van der Waals surface area (Å²) >= 11 is 0. The zero-order valence-corrected chi connectivity index (χ0v) is 11.0. The fourth-order valence-corrected chi connectivity index (χ4v) is 2.98. The maximum Gasteiger partial charge on any atom is 0.407 e. The van der Waals surface area contributed by atoms with E-state index in [2.05, 4.69) is 5.32 Å². The summed E-state index contributed by atoms with van der Waals surface area (Å²) in [5.74, 6) is -0.252.